The van der Waals surface area contributed by atoms with Crippen molar-refractivity contribution in [3.63, 3.8) is 0 Å². The van der Waals surface area contributed by atoms with Crippen LogP contribution >= 0.6 is 0 Å². The normalized spacial score (nSPS) is 32.9. The lowest BCUT2D eigenvalue weighted by atomic mass is 9.63. The van der Waals surface area contributed by atoms with Gasteiger partial charge in [-0.1, -0.05) is 27.2 Å². The topological polar surface area (TPSA) is 75.7 Å². The molecule has 2 fully saturated rings. The van der Waals surface area contributed by atoms with Crippen LogP contribution in [0.2, 0.25) is 0 Å². The van der Waals surface area contributed by atoms with Crippen molar-refractivity contribution in [2.75, 3.05) is 7.11 Å². The average Bonchev–Trinajstić information content (AvgIpc) is 2.37. The first-order valence-electron chi connectivity index (χ1n) is 7.05. The van der Waals surface area contributed by atoms with E-state index in [1.165, 1.54) is 4.90 Å². The first-order valence-corrected chi connectivity index (χ1v) is 7.05. The number of barbiturate groups is 1. The standard InChI is InChI=1S/C14H22N2O4/c1-5-6-8-11(17)15-13(19)16(12(8)18)9-7-10(20-4)14(9,2)3/h8-10H,5-7H2,1-4H3,(H,15,17,19). The Bertz CT molecular complexity index is 446. The maximum absolute atomic E-state index is 12.5. The Morgan fingerprint density at radius 3 is 2.50 bits per heavy atom. The van der Waals surface area contributed by atoms with Crippen LogP contribution < -0.4 is 5.32 Å². The van der Waals surface area contributed by atoms with E-state index < -0.39 is 17.9 Å². The van der Waals surface area contributed by atoms with Crippen molar-refractivity contribution >= 4 is 17.8 Å². The molecule has 3 unspecified atom stereocenters. The van der Waals surface area contributed by atoms with E-state index in [1.54, 1.807) is 7.11 Å². The fourth-order valence-corrected chi connectivity index (χ4v) is 3.17. The van der Waals surface area contributed by atoms with Crippen molar-refractivity contribution in [3.05, 3.63) is 0 Å². The minimum Gasteiger partial charge on any atom is -0.381 e. The summed E-state index contributed by atoms with van der Waals surface area (Å²) < 4.78 is 5.35. The molecule has 0 bridgehead atoms. The maximum atomic E-state index is 12.5. The molecular formula is C14H22N2O4. The number of hydrogen-bond donors (Lipinski definition) is 1. The summed E-state index contributed by atoms with van der Waals surface area (Å²) in [5.74, 6) is -1.58. The summed E-state index contributed by atoms with van der Waals surface area (Å²) in [5, 5.41) is 2.30. The predicted molar refractivity (Wildman–Crippen MR) is 71.8 cm³/mol. The molecular weight excluding hydrogens is 260 g/mol. The summed E-state index contributed by atoms with van der Waals surface area (Å²) in [6.07, 6.45) is 1.83. The molecule has 20 heavy (non-hydrogen) atoms. The molecule has 0 spiro atoms. The van der Waals surface area contributed by atoms with E-state index in [2.05, 4.69) is 5.32 Å². The number of carbonyl (C=O) groups is 3. The molecule has 6 nitrogen and oxygen atoms in total. The Morgan fingerprint density at radius 1 is 1.35 bits per heavy atom. The van der Waals surface area contributed by atoms with Gasteiger partial charge in [0.2, 0.25) is 11.8 Å². The maximum Gasteiger partial charge on any atom is 0.331 e. The Hall–Kier alpha value is -1.43. The molecule has 1 saturated carbocycles. The van der Waals surface area contributed by atoms with Gasteiger partial charge in [0, 0.05) is 12.5 Å². The second kappa shape index (κ2) is 5.16. The molecule has 2 aliphatic rings. The molecule has 1 saturated heterocycles. The minimum absolute atomic E-state index is 0.0235. The van der Waals surface area contributed by atoms with E-state index in [4.69, 9.17) is 4.74 Å². The second-order valence-corrected chi connectivity index (χ2v) is 6.14. The van der Waals surface area contributed by atoms with Crippen LogP contribution in [0.4, 0.5) is 4.79 Å². The number of methoxy groups -OCH3 is 1. The summed E-state index contributed by atoms with van der Waals surface area (Å²) in [6, 6.07) is -0.813. The SMILES string of the molecule is CCCC1C(=O)NC(=O)N(C2CC(OC)C2(C)C)C1=O. The number of urea groups is 1. The summed E-state index contributed by atoms with van der Waals surface area (Å²) in [6.45, 7) is 5.86. The lowest BCUT2D eigenvalue weighted by molar-refractivity contribution is -0.162. The van der Waals surface area contributed by atoms with Crippen molar-refractivity contribution < 1.29 is 19.1 Å². The summed E-state index contributed by atoms with van der Waals surface area (Å²) >= 11 is 0. The quantitative estimate of drug-likeness (QED) is 0.788. The van der Waals surface area contributed by atoms with Gasteiger partial charge in [-0.3, -0.25) is 19.8 Å². The molecule has 1 N–H and O–H groups in total. The number of amides is 4. The van der Waals surface area contributed by atoms with Crippen LogP contribution in [0.25, 0.3) is 0 Å². The summed E-state index contributed by atoms with van der Waals surface area (Å²) in [7, 11) is 1.63. The molecule has 3 atom stereocenters. The van der Waals surface area contributed by atoms with Crippen LogP contribution in [-0.4, -0.2) is 42.0 Å². The van der Waals surface area contributed by atoms with Crippen molar-refractivity contribution in [2.45, 2.75) is 52.2 Å². The third-order valence-corrected chi connectivity index (χ3v) is 4.60. The highest BCUT2D eigenvalue weighted by atomic mass is 16.5. The zero-order chi connectivity index (χ0) is 15.1. The molecule has 1 heterocycles. The smallest absolute Gasteiger partial charge is 0.331 e. The molecule has 4 amide bonds. The highest BCUT2D eigenvalue weighted by molar-refractivity contribution is 6.16. The van der Waals surface area contributed by atoms with Crippen molar-refractivity contribution in [1.82, 2.24) is 10.2 Å². The fraction of sp³-hybridized carbons (Fsp3) is 0.786. The average molecular weight is 282 g/mol. The van der Waals surface area contributed by atoms with Crippen LogP contribution in [0.3, 0.4) is 0 Å². The number of carbonyl (C=O) groups excluding carboxylic acids is 3. The van der Waals surface area contributed by atoms with Gasteiger partial charge in [-0.05, 0) is 12.8 Å². The van der Waals surface area contributed by atoms with Crippen LogP contribution in [-0.2, 0) is 14.3 Å². The van der Waals surface area contributed by atoms with Crippen LogP contribution in [0, 0.1) is 11.3 Å². The van der Waals surface area contributed by atoms with Gasteiger partial charge in [0.25, 0.3) is 0 Å². The molecule has 6 heteroatoms. The van der Waals surface area contributed by atoms with E-state index in [9.17, 15) is 14.4 Å². The monoisotopic (exact) mass is 282 g/mol. The van der Waals surface area contributed by atoms with Gasteiger partial charge in [-0.15, -0.1) is 0 Å². The van der Waals surface area contributed by atoms with E-state index in [-0.39, 0.29) is 23.5 Å². The lowest BCUT2D eigenvalue weighted by Crippen LogP contribution is -2.70. The lowest BCUT2D eigenvalue weighted by Gasteiger charge is -2.55. The number of imide groups is 2. The van der Waals surface area contributed by atoms with Crippen molar-refractivity contribution in [1.29, 1.82) is 0 Å². The largest absolute Gasteiger partial charge is 0.381 e. The highest BCUT2D eigenvalue weighted by Crippen LogP contribution is 2.46. The number of nitrogens with zero attached hydrogens (tertiary/aromatic N) is 1. The summed E-state index contributed by atoms with van der Waals surface area (Å²) in [4.78, 5) is 37.5. The Balaban J connectivity index is 2.21. The Morgan fingerprint density at radius 2 is 2.00 bits per heavy atom. The molecule has 0 radical (unpaired) electrons. The third-order valence-electron chi connectivity index (χ3n) is 4.60. The van der Waals surface area contributed by atoms with Gasteiger partial charge in [0.05, 0.1) is 12.1 Å². The Labute approximate surface area is 118 Å². The minimum atomic E-state index is -0.741. The van der Waals surface area contributed by atoms with Crippen molar-refractivity contribution in [3.8, 4) is 0 Å². The van der Waals surface area contributed by atoms with Crippen LogP contribution in [0.1, 0.15) is 40.0 Å². The van der Waals surface area contributed by atoms with E-state index in [1.807, 2.05) is 20.8 Å². The number of ether oxygens (including phenoxy) is 1. The third kappa shape index (κ3) is 2.12. The molecule has 0 aromatic heterocycles. The van der Waals surface area contributed by atoms with E-state index in [0.717, 1.165) is 6.42 Å². The first kappa shape index (κ1) is 15.0. The molecule has 1 aliphatic heterocycles. The van der Waals surface area contributed by atoms with Gasteiger partial charge in [0.1, 0.15) is 5.92 Å². The first-order chi connectivity index (χ1) is 9.34. The number of rotatable bonds is 4. The van der Waals surface area contributed by atoms with Crippen molar-refractivity contribution in [2.24, 2.45) is 11.3 Å². The van der Waals surface area contributed by atoms with Gasteiger partial charge < -0.3 is 4.74 Å². The van der Waals surface area contributed by atoms with Crippen LogP contribution in [0.15, 0.2) is 0 Å². The summed E-state index contributed by atoms with van der Waals surface area (Å²) in [5.41, 5.74) is -0.293. The fourth-order valence-electron chi connectivity index (χ4n) is 3.17. The molecule has 0 aromatic carbocycles. The molecule has 0 aromatic rings. The zero-order valence-electron chi connectivity index (χ0n) is 12.4. The van der Waals surface area contributed by atoms with Gasteiger partial charge in [0.15, 0.2) is 0 Å². The van der Waals surface area contributed by atoms with E-state index >= 15 is 0 Å². The predicted octanol–water partition coefficient (Wildman–Crippen LogP) is 1.29. The van der Waals surface area contributed by atoms with Gasteiger partial charge in [-0.25, -0.2) is 4.79 Å². The van der Waals surface area contributed by atoms with Crippen LogP contribution in [0.5, 0.6) is 0 Å². The van der Waals surface area contributed by atoms with Gasteiger partial charge in [-0.2, -0.15) is 0 Å². The molecule has 1 aliphatic carbocycles. The van der Waals surface area contributed by atoms with E-state index in [0.29, 0.717) is 12.8 Å². The highest BCUT2D eigenvalue weighted by Gasteiger charge is 2.56. The second-order valence-electron chi connectivity index (χ2n) is 6.14. The molecule has 112 valence electrons. The molecule has 2 rings (SSSR count). The van der Waals surface area contributed by atoms with Gasteiger partial charge >= 0.3 is 6.03 Å². The number of nitrogens with one attached hydrogen (secondary N) is 1. The number of hydrogen-bond acceptors (Lipinski definition) is 4. The zero-order valence-corrected chi connectivity index (χ0v) is 12.4. The Kier molecular flexibility index (Phi) is 3.86.